The lowest BCUT2D eigenvalue weighted by Crippen LogP contribution is -2.46. The smallest absolute Gasteiger partial charge is 0.391 e. The molecule has 0 aromatic heterocycles. The van der Waals surface area contributed by atoms with Crippen LogP contribution in [0.1, 0.15) is 309 Å². The first-order valence-corrected chi connectivity index (χ1v) is 31.5. The van der Waals surface area contributed by atoms with Crippen LogP contribution >= 0.6 is 7.82 Å². The van der Waals surface area contributed by atoms with Crippen molar-refractivity contribution in [3.63, 3.8) is 0 Å². The van der Waals surface area contributed by atoms with E-state index in [0.29, 0.717) is 23.9 Å². The molecule has 0 heterocycles. The van der Waals surface area contributed by atoms with E-state index in [4.69, 9.17) is 9.05 Å². The number of phosphoric acid groups is 1. The zero-order chi connectivity index (χ0) is 49.9. The molecule has 3 unspecified atom stereocenters. The van der Waals surface area contributed by atoms with Gasteiger partial charge in [-0.05, 0) is 38.5 Å². The van der Waals surface area contributed by atoms with E-state index in [1.165, 1.54) is 244 Å². The van der Waals surface area contributed by atoms with Gasteiger partial charge in [-0.1, -0.05) is 276 Å². The molecule has 0 saturated carbocycles. The standard InChI is InChI=1S/C59H119N2O6P/c1-6-8-10-12-14-15-16-17-18-19-20-21-22-23-24-25-26-27-28-29-30-31-32-33-34-35-36-37-38-39-40-41-42-43-44-45-47-49-51-53-59(63)60-57(58(62)52-50-48-46-13-11-9-7-2)56-67-68(64,65)66-55-54-61(3,4)5/h19-20,57-58,62H,6-18,21-56H2,1-5H3,(H-,60,63,64,65)/p+1/b20-19-. The van der Waals surface area contributed by atoms with Gasteiger partial charge in [-0.25, -0.2) is 4.57 Å². The summed E-state index contributed by atoms with van der Waals surface area (Å²) in [7, 11) is 1.63. The fraction of sp³-hybridized carbons (Fsp3) is 0.949. The number of aliphatic hydroxyl groups excluding tert-OH is 1. The van der Waals surface area contributed by atoms with E-state index >= 15 is 0 Å². The number of nitrogens with zero attached hydrogens (tertiary/aromatic N) is 1. The number of likely N-dealkylation sites (N-methyl/N-ethyl adjacent to an activating group) is 1. The minimum absolute atomic E-state index is 0.0774. The van der Waals surface area contributed by atoms with Crippen molar-refractivity contribution in [2.75, 3.05) is 40.9 Å². The Labute approximate surface area is 424 Å². The van der Waals surface area contributed by atoms with Crippen LogP contribution in [0.2, 0.25) is 0 Å². The lowest BCUT2D eigenvalue weighted by molar-refractivity contribution is -0.870. The number of nitrogens with one attached hydrogen (secondary N) is 1. The zero-order valence-corrected chi connectivity index (χ0v) is 47.3. The lowest BCUT2D eigenvalue weighted by atomic mass is 10.0. The molecule has 406 valence electrons. The van der Waals surface area contributed by atoms with Crippen LogP contribution in [-0.4, -0.2) is 73.4 Å². The molecule has 0 aliphatic heterocycles. The van der Waals surface area contributed by atoms with Crippen LogP contribution in [-0.2, 0) is 18.4 Å². The molecule has 0 aromatic rings. The second-order valence-corrected chi connectivity index (χ2v) is 23.5. The highest BCUT2D eigenvalue weighted by Crippen LogP contribution is 2.43. The first-order chi connectivity index (χ1) is 33.0. The maximum absolute atomic E-state index is 12.9. The van der Waals surface area contributed by atoms with Gasteiger partial charge in [0.25, 0.3) is 0 Å². The number of hydrogen-bond donors (Lipinski definition) is 3. The Balaban J connectivity index is 3.69. The van der Waals surface area contributed by atoms with Crippen LogP contribution in [0.3, 0.4) is 0 Å². The first-order valence-electron chi connectivity index (χ1n) is 30.1. The van der Waals surface area contributed by atoms with E-state index in [0.717, 1.165) is 38.5 Å². The van der Waals surface area contributed by atoms with Gasteiger partial charge in [-0.3, -0.25) is 13.8 Å². The first kappa shape index (κ1) is 67.2. The molecule has 8 nitrogen and oxygen atoms in total. The van der Waals surface area contributed by atoms with E-state index in [2.05, 4.69) is 31.3 Å². The molecule has 0 aromatic carbocycles. The molecule has 0 aliphatic rings. The van der Waals surface area contributed by atoms with Crippen molar-refractivity contribution in [3.05, 3.63) is 12.2 Å². The Morgan fingerprint density at radius 3 is 1.13 bits per heavy atom. The molecule has 0 radical (unpaired) electrons. The minimum Gasteiger partial charge on any atom is -0.391 e. The number of unbranched alkanes of at least 4 members (excludes halogenated alkanes) is 41. The van der Waals surface area contributed by atoms with Gasteiger partial charge < -0.3 is 19.8 Å². The Kier molecular flexibility index (Phi) is 50.6. The lowest BCUT2D eigenvalue weighted by Gasteiger charge is -2.26. The summed E-state index contributed by atoms with van der Waals surface area (Å²) in [4.78, 5) is 23.1. The molecule has 0 aliphatic carbocycles. The van der Waals surface area contributed by atoms with Crippen LogP contribution in [0, 0.1) is 0 Å². The number of aliphatic hydroxyl groups is 1. The molecule has 0 bridgehead atoms. The van der Waals surface area contributed by atoms with Gasteiger partial charge in [-0.2, -0.15) is 0 Å². The van der Waals surface area contributed by atoms with Crippen molar-refractivity contribution in [1.29, 1.82) is 0 Å². The third kappa shape index (κ3) is 53.0. The average Bonchev–Trinajstić information content (AvgIpc) is 3.30. The van der Waals surface area contributed by atoms with E-state index < -0.39 is 20.0 Å². The molecule has 68 heavy (non-hydrogen) atoms. The summed E-state index contributed by atoms with van der Waals surface area (Å²) < 4.78 is 23.6. The molecule has 0 saturated heterocycles. The quantitative estimate of drug-likeness (QED) is 0.0243. The zero-order valence-electron chi connectivity index (χ0n) is 46.4. The number of carbonyl (C=O) groups excluding carboxylic acids is 1. The number of amides is 1. The van der Waals surface area contributed by atoms with Crippen molar-refractivity contribution in [2.24, 2.45) is 0 Å². The molecule has 1 amide bonds. The molecule has 0 fully saturated rings. The Morgan fingerprint density at radius 2 is 0.794 bits per heavy atom. The summed E-state index contributed by atoms with van der Waals surface area (Å²) in [5.41, 5.74) is 0. The Hall–Kier alpha value is -0.760. The number of phosphoric ester groups is 1. The van der Waals surface area contributed by atoms with Gasteiger partial charge in [0, 0.05) is 6.42 Å². The van der Waals surface area contributed by atoms with Gasteiger partial charge in [0.15, 0.2) is 0 Å². The summed E-state index contributed by atoms with van der Waals surface area (Å²) in [6.07, 6.45) is 63.4. The summed E-state index contributed by atoms with van der Waals surface area (Å²) in [5.74, 6) is -0.142. The van der Waals surface area contributed by atoms with Crippen LogP contribution in [0.15, 0.2) is 12.2 Å². The minimum atomic E-state index is -4.30. The van der Waals surface area contributed by atoms with Crippen LogP contribution in [0.4, 0.5) is 0 Å². The molecule has 9 heteroatoms. The average molecular weight is 985 g/mol. The van der Waals surface area contributed by atoms with E-state index in [1.807, 2.05) is 21.1 Å². The number of hydrogen-bond acceptors (Lipinski definition) is 5. The van der Waals surface area contributed by atoms with Gasteiger partial charge in [-0.15, -0.1) is 0 Å². The number of quaternary nitrogens is 1. The van der Waals surface area contributed by atoms with Crippen molar-refractivity contribution in [2.45, 2.75) is 321 Å². The second kappa shape index (κ2) is 51.2. The molecule has 3 atom stereocenters. The van der Waals surface area contributed by atoms with Gasteiger partial charge >= 0.3 is 7.82 Å². The Bertz CT molecular complexity index is 1120. The van der Waals surface area contributed by atoms with E-state index in [-0.39, 0.29) is 19.1 Å². The van der Waals surface area contributed by atoms with Gasteiger partial charge in [0.2, 0.25) is 5.91 Å². The maximum Gasteiger partial charge on any atom is 0.472 e. The predicted molar refractivity (Wildman–Crippen MR) is 295 cm³/mol. The number of rotatable bonds is 56. The van der Waals surface area contributed by atoms with Crippen LogP contribution in [0.25, 0.3) is 0 Å². The third-order valence-corrected chi connectivity index (χ3v) is 15.0. The predicted octanol–water partition coefficient (Wildman–Crippen LogP) is 18.2. The van der Waals surface area contributed by atoms with E-state index in [9.17, 15) is 19.4 Å². The summed E-state index contributed by atoms with van der Waals surface area (Å²) >= 11 is 0. The molecule has 0 rings (SSSR count). The van der Waals surface area contributed by atoms with Crippen LogP contribution < -0.4 is 5.32 Å². The molecular weight excluding hydrogens is 864 g/mol. The maximum atomic E-state index is 12.9. The van der Waals surface area contributed by atoms with Crippen molar-refractivity contribution >= 4 is 13.7 Å². The highest BCUT2D eigenvalue weighted by atomic mass is 31.2. The van der Waals surface area contributed by atoms with Crippen molar-refractivity contribution in [3.8, 4) is 0 Å². The largest absolute Gasteiger partial charge is 0.472 e. The topological polar surface area (TPSA) is 105 Å². The SMILES string of the molecule is CCCCCCCCCC/C=C\CCCCCCCCCCCCCCCCCCCCCCCCCCCCCC(=O)NC(COP(=O)(O)OCC[N+](C)(C)C)C(O)CCCCCCCCC. The summed E-state index contributed by atoms with van der Waals surface area (Å²) in [6.45, 7) is 4.87. The monoisotopic (exact) mass is 984 g/mol. The third-order valence-electron chi connectivity index (χ3n) is 14.0. The normalized spacial score (nSPS) is 13.9. The molecular formula is C59H120N2O6P+. The Morgan fingerprint density at radius 1 is 0.485 bits per heavy atom. The highest BCUT2D eigenvalue weighted by Gasteiger charge is 2.28. The molecule has 0 spiro atoms. The van der Waals surface area contributed by atoms with Crippen LogP contribution in [0.5, 0.6) is 0 Å². The fourth-order valence-corrected chi connectivity index (χ4v) is 10.0. The van der Waals surface area contributed by atoms with Gasteiger partial charge in [0.05, 0.1) is 39.9 Å². The summed E-state index contributed by atoms with van der Waals surface area (Å²) in [6, 6.07) is -0.753. The fourth-order valence-electron chi connectivity index (χ4n) is 9.28. The summed E-state index contributed by atoms with van der Waals surface area (Å²) in [5, 5.41) is 13.9. The highest BCUT2D eigenvalue weighted by molar-refractivity contribution is 7.47. The van der Waals surface area contributed by atoms with Crippen molar-refractivity contribution < 1.29 is 32.9 Å². The number of allylic oxidation sites excluding steroid dienone is 2. The van der Waals surface area contributed by atoms with Gasteiger partial charge in [0.1, 0.15) is 13.2 Å². The number of carbonyl (C=O) groups is 1. The molecule has 3 N–H and O–H groups in total. The van der Waals surface area contributed by atoms with Crippen molar-refractivity contribution in [1.82, 2.24) is 5.32 Å². The van der Waals surface area contributed by atoms with E-state index in [1.54, 1.807) is 0 Å². The second-order valence-electron chi connectivity index (χ2n) is 22.1.